The molecule has 0 bridgehead atoms. The molecule has 0 amide bonds. The van der Waals surface area contributed by atoms with Crippen molar-refractivity contribution in [2.45, 2.75) is 32.2 Å². The number of guanidine groups is 1. The van der Waals surface area contributed by atoms with Gasteiger partial charge >= 0.3 is 0 Å². The molecule has 152 valence electrons. The number of aliphatic imine (C=N–C) groups is 1. The third kappa shape index (κ3) is 4.67. The highest BCUT2D eigenvalue weighted by molar-refractivity contribution is 5.80. The second-order valence-corrected chi connectivity index (χ2v) is 7.56. The molecule has 1 aliphatic heterocycles. The van der Waals surface area contributed by atoms with Crippen molar-refractivity contribution in [2.75, 3.05) is 31.6 Å². The topological polar surface area (TPSA) is 69.8 Å². The minimum absolute atomic E-state index is 0.406. The van der Waals surface area contributed by atoms with E-state index < -0.39 is 0 Å². The highest BCUT2D eigenvalue weighted by atomic mass is 15.3. The number of hydrogen-bond donors (Lipinski definition) is 2. The lowest BCUT2D eigenvalue weighted by Crippen LogP contribution is -2.44. The molecule has 1 fully saturated rings. The van der Waals surface area contributed by atoms with Crippen LogP contribution >= 0.6 is 0 Å². The molecule has 2 aromatic heterocycles. The first-order chi connectivity index (χ1) is 14.2. The van der Waals surface area contributed by atoms with Crippen molar-refractivity contribution in [2.24, 2.45) is 4.99 Å². The zero-order valence-electron chi connectivity index (χ0n) is 17.2. The number of benzene rings is 1. The van der Waals surface area contributed by atoms with Crippen LogP contribution in [0.15, 0.2) is 53.7 Å². The van der Waals surface area contributed by atoms with Gasteiger partial charge in [-0.3, -0.25) is 9.39 Å². The zero-order valence-corrected chi connectivity index (χ0v) is 17.2. The lowest BCUT2D eigenvalue weighted by atomic mass is 10.2. The first-order valence-electron chi connectivity index (χ1n) is 10.3. The van der Waals surface area contributed by atoms with Gasteiger partial charge in [0.15, 0.2) is 11.6 Å². The molecule has 7 nitrogen and oxygen atoms in total. The Morgan fingerprint density at radius 2 is 2.03 bits per heavy atom. The first-order valence-corrected chi connectivity index (χ1v) is 10.3. The minimum atomic E-state index is 0.406. The van der Waals surface area contributed by atoms with Crippen molar-refractivity contribution in [3.05, 3.63) is 60.0 Å². The summed E-state index contributed by atoms with van der Waals surface area (Å²) < 4.78 is 2.05. The van der Waals surface area contributed by atoms with E-state index in [0.717, 1.165) is 56.3 Å². The van der Waals surface area contributed by atoms with E-state index in [1.165, 1.54) is 11.3 Å². The predicted molar refractivity (Wildman–Crippen MR) is 118 cm³/mol. The maximum absolute atomic E-state index is 4.39. The average molecular weight is 392 g/mol. The molecule has 1 aliphatic rings. The fraction of sp³-hybridized carbons (Fsp3) is 0.409. The second-order valence-electron chi connectivity index (χ2n) is 7.56. The van der Waals surface area contributed by atoms with Crippen molar-refractivity contribution >= 4 is 17.3 Å². The van der Waals surface area contributed by atoms with E-state index in [1.807, 2.05) is 35.8 Å². The number of nitrogens with one attached hydrogen (secondary N) is 2. The zero-order chi connectivity index (χ0) is 20.1. The molecule has 0 saturated carbocycles. The third-order valence-corrected chi connectivity index (χ3v) is 5.41. The molecular weight excluding hydrogens is 362 g/mol. The SMILES string of the molecule is CN=C(NCCCc1nnc2ccccn12)NC1CCN(c2ccc(C)cc2)C1. The Balaban J connectivity index is 1.22. The van der Waals surface area contributed by atoms with Crippen LogP contribution in [0.5, 0.6) is 0 Å². The van der Waals surface area contributed by atoms with Crippen molar-refractivity contribution in [1.82, 2.24) is 25.2 Å². The van der Waals surface area contributed by atoms with Gasteiger partial charge in [0.1, 0.15) is 5.82 Å². The monoisotopic (exact) mass is 391 g/mol. The molecular formula is C22H29N7. The number of hydrogen-bond acceptors (Lipinski definition) is 4. The Morgan fingerprint density at radius 3 is 2.86 bits per heavy atom. The summed E-state index contributed by atoms with van der Waals surface area (Å²) in [5, 5.41) is 15.5. The highest BCUT2D eigenvalue weighted by Crippen LogP contribution is 2.20. The van der Waals surface area contributed by atoms with Crippen LogP contribution in [0, 0.1) is 6.92 Å². The van der Waals surface area contributed by atoms with Crippen LogP contribution in [0.3, 0.4) is 0 Å². The summed E-state index contributed by atoms with van der Waals surface area (Å²) in [6, 6.07) is 15.1. The van der Waals surface area contributed by atoms with Gasteiger partial charge in [0.05, 0.1) is 0 Å². The molecule has 7 heteroatoms. The molecule has 1 unspecified atom stereocenters. The molecule has 1 saturated heterocycles. The fourth-order valence-corrected chi connectivity index (χ4v) is 3.77. The van der Waals surface area contributed by atoms with Crippen LogP contribution in [-0.2, 0) is 6.42 Å². The van der Waals surface area contributed by atoms with Crippen LogP contribution in [0.1, 0.15) is 24.2 Å². The number of nitrogens with zero attached hydrogens (tertiary/aromatic N) is 5. The molecule has 0 radical (unpaired) electrons. The fourth-order valence-electron chi connectivity index (χ4n) is 3.77. The molecule has 2 N–H and O–H groups in total. The number of aromatic nitrogens is 3. The number of aryl methyl sites for hydroxylation is 2. The highest BCUT2D eigenvalue weighted by Gasteiger charge is 2.23. The maximum Gasteiger partial charge on any atom is 0.191 e. The molecule has 0 spiro atoms. The van der Waals surface area contributed by atoms with Gasteiger partial charge in [0.25, 0.3) is 0 Å². The Hall–Kier alpha value is -3.09. The summed E-state index contributed by atoms with van der Waals surface area (Å²) in [5.74, 6) is 1.86. The van der Waals surface area contributed by atoms with Crippen molar-refractivity contribution < 1.29 is 0 Å². The summed E-state index contributed by atoms with van der Waals surface area (Å²) in [4.78, 5) is 6.82. The summed E-state index contributed by atoms with van der Waals surface area (Å²) in [7, 11) is 1.83. The van der Waals surface area contributed by atoms with Crippen LogP contribution in [0.25, 0.3) is 5.65 Å². The maximum atomic E-state index is 4.39. The van der Waals surface area contributed by atoms with Crippen LogP contribution in [0.2, 0.25) is 0 Å². The van der Waals surface area contributed by atoms with Crippen LogP contribution in [-0.4, -0.2) is 53.3 Å². The predicted octanol–water partition coefficient (Wildman–Crippen LogP) is 2.41. The van der Waals surface area contributed by atoms with Gasteiger partial charge in [-0.15, -0.1) is 10.2 Å². The Morgan fingerprint density at radius 1 is 1.17 bits per heavy atom. The van der Waals surface area contributed by atoms with E-state index in [-0.39, 0.29) is 0 Å². The summed E-state index contributed by atoms with van der Waals surface area (Å²) >= 11 is 0. The van der Waals surface area contributed by atoms with E-state index in [2.05, 4.69) is 61.9 Å². The van der Waals surface area contributed by atoms with Gasteiger partial charge in [-0.05, 0) is 44.0 Å². The van der Waals surface area contributed by atoms with Gasteiger partial charge < -0.3 is 15.5 Å². The minimum Gasteiger partial charge on any atom is -0.369 e. The average Bonchev–Trinajstić information content (AvgIpc) is 3.38. The smallest absolute Gasteiger partial charge is 0.191 e. The molecule has 4 rings (SSSR count). The van der Waals surface area contributed by atoms with E-state index >= 15 is 0 Å². The number of pyridine rings is 1. The summed E-state index contributed by atoms with van der Waals surface area (Å²) in [5.41, 5.74) is 3.49. The van der Waals surface area contributed by atoms with Crippen molar-refractivity contribution in [3.63, 3.8) is 0 Å². The van der Waals surface area contributed by atoms with Gasteiger partial charge in [-0.25, -0.2) is 0 Å². The molecule has 3 aromatic rings. The number of rotatable bonds is 6. The first kappa shape index (κ1) is 19.2. The van der Waals surface area contributed by atoms with E-state index in [0.29, 0.717) is 6.04 Å². The molecule has 0 aliphatic carbocycles. The van der Waals surface area contributed by atoms with E-state index in [9.17, 15) is 0 Å². The lowest BCUT2D eigenvalue weighted by molar-refractivity contribution is 0.640. The third-order valence-electron chi connectivity index (χ3n) is 5.41. The van der Waals surface area contributed by atoms with Gasteiger partial charge in [0.2, 0.25) is 0 Å². The van der Waals surface area contributed by atoms with Crippen LogP contribution in [0.4, 0.5) is 5.69 Å². The Kier molecular flexibility index (Phi) is 5.93. The molecule has 29 heavy (non-hydrogen) atoms. The summed E-state index contributed by atoms with van der Waals surface area (Å²) in [6.45, 7) is 5.03. The van der Waals surface area contributed by atoms with Crippen molar-refractivity contribution in [3.8, 4) is 0 Å². The lowest BCUT2D eigenvalue weighted by Gasteiger charge is -2.20. The second kappa shape index (κ2) is 8.94. The van der Waals surface area contributed by atoms with Crippen molar-refractivity contribution in [1.29, 1.82) is 0 Å². The normalized spacial score (nSPS) is 17.1. The quantitative estimate of drug-likeness (QED) is 0.384. The number of fused-ring (bicyclic) bond motifs is 1. The van der Waals surface area contributed by atoms with E-state index in [1.54, 1.807) is 0 Å². The van der Waals surface area contributed by atoms with E-state index in [4.69, 9.17) is 0 Å². The Labute approximate surface area is 171 Å². The Bertz CT molecular complexity index is 961. The standard InChI is InChI=1S/C22H29N7/c1-17-8-10-19(11-9-17)28-15-12-18(16-28)25-22(23-2)24-13-5-7-21-27-26-20-6-3-4-14-29(20)21/h3-4,6,8-11,14,18H,5,7,12-13,15-16H2,1-2H3,(H2,23,24,25). The van der Waals surface area contributed by atoms with Gasteiger partial charge in [-0.1, -0.05) is 23.8 Å². The van der Waals surface area contributed by atoms with Crippen LogP contribution < -0.4 is 15.5 Å². The largest absolute Gasteiger partial charge is 0.369 e. The molecule has 1 aromatic carbocycles. The molecule has 1 atom stereocenters. The number of anilines is 1. The van der Waals surface area contributed by atoms with Gasteiger partial charge in [0, 0.05) is 51.0 Å². The molecule has 3 heterocycles. The van der Waals surface area contributed by atoms with Gasteiger partial charge in [-0.2, -0.15) is 0 Å². The summed E-state index contributed by atoms with van der Waals surface area (Å²) in [6.07, 6.45) is 4.97.